The van der Waals surface area contributed by atoms with Crippen LogP contribution in [0.4, 0.5) is 0 Å². The van der Waals surface area contributed by atoms with Crippen LogP contribution in [0.1, 0.15) is 24.2 Å². The second-order valence-electron chi connectivity index (χ2n) is 3.97. The molecule has 3 nitrogen and oxygen atoms in total. The average molecular weight is 371 g/mol. The Labute approximate surface area is 123 Å². The van der Waals surface area contributed by atoms with E-state index in [2.05, 4.69) is 60.1 Å². The van der Waals surface area contributed by atoms with Gasteiger partial charge < -0.3 is 5.32 Å². The minimum absolute atomic E-state index is 0.246. The van der Waals surface area contributed by atoms with Crippen molar-refractivity contribution in [2.75, 3.05) is 0 Å². The number of nitrogens with zero attached hydrogens (tertiary/aromatic N) is 2. The highest BCUT2D eigenvalue weighted by atomic mass is 79.9. The highest BCUT2D eigenvalue weighted by Crippen LogP contribution is 2.20. The minimum Gasteiger partial charge on any atom is -0.304 e. The molecule has 2 heterocycles. The standard InChI is InChI=1S/C13H13Br2N3/c1-9(10-3-2-4-16-6-10)17-8-13-12(15)5-11(14)7-18-13/h2-7,9,17H,8H2,1H3/t9-/m0/s1. The largest absolute Gasteiger partial charge is 0.304 e. The van der Waals surface area contributed by atoms with Gasteiger partial charge in [-0.15, -0.1) is 0 Å². The summed E-state index contributed by atoms with van der Waals surface area (Å²) in [5.41, 5.74) is 2.17. The molecule has 0 unspecified atom stereocenters. The Morgan fingerprint density at radius 3 is 2.83 bits per heavy atom. The zero-order chi connectivity index (χ0) is 13.0. The van der Waals surface area contributed by atoms with E-state index in [-0.39, 0.29) is 6.04 Å². The van der Waals surface area contributed by atoms with E-state index < -0.39 is 0 Å². The summed E-state index contributed by atoms with van der Waals surface area (Å²) in [6.07, 6.45) is 5.46. The lowest BCUT2D eigenvalue weighted by atomic mass is 10.1. The first-order valence-electron chi connectivity index (χ1n) is 5.60. The van der Waals surface area contributed by atoms with E-state index in [1.54, 1.807) is 12.4 Å². The van der Waals surface area contributed by atoms with Gasteiger partial charge in [-0.05, 0) is 56.5 Å². The molecule has 0 aliphatic heterocycles. The van der Waals surface area contributed by atoms with E-state index in [1.165, 1.54) is 5.56 Å². The van der Waals surface area contributed by atoms with Gasteiger partial charge in [0.1, 0.15) is 0 Å². The van der Waals surface area contributed by atoms with Crippen LogP contribution < -0.4 is 5.32 Å². The molecular weight excluding hydrogens is 358 g/mol. The summed E-state index contributed by atoms with van der Waals surface area (Å²) in [7, 11) is 0. The van der Waals surface area contributed by atoms with Crippen molar-refractivity contribution in [3.8, 4) is 0 Å². The second kappa shape index (κ2) is 6.41. The molecule has 0 bridgehead atoms. The Kier molecular flexibility index (Phi) is 4.86. The molecule has 2 aromatic heterocycles. The third-order valence-electron chi connectivity index (χ3n) is 2.64. The lowest BCUT2D eigenvalue weighted by molar-refractivity contribution is 0.565. The lowest BCUT2D eigenvalue weighted by Crippen LogP contribution is -2.19. The van der Waals surface area contributed by atoms with Gasteiger partial charge in [0.25, 0.3) is 0 Å². The van der Waals surface area contributed by atoms with Crippen molar-refractivity contribution in [3.63, 3.8) is 0 Å². The summed E-state index contributed by atoms with van der Waals surface area (Å²) in [6, 6.07) is 6.26. The van der Waals surface area contributed by atoms with Crippen LogP contribution in [0.2, 0.25) is 0 Å². The summed E-state index contributed by atoms with van der Waals surface area (Å²) in [6.45, 7) is 2.83. The van der Waals surface area contributed by atoms with Crippen LogP contribution >= 0.6 is 31.9 Å². The molecule has 0 fully saturated rings. The van der Waals surface area contributed by atoms with E-state index in [0.717, 1.165) is 14.6 Å². The van der Waals surface area contributed by atoms with Crippen LogP contribution in [0, 0.1) is 0 Å². The minimum atomic E-state index is 0.246. The molecule has 18 heavy (non-hydrogen) atoms. The first-order valence-corrected chi connectivity index (χ1v) is 7.18. The fourth-order valence-corrected chi connectivity index (χ4v) is 2.70. The van der Waals surface area contributed by atoms with Crippen molar-refractivity contribution in [1.82, 2.24) is 15.3 Å². The summed E-state index contributed by atoms with van der Waals surface area (Å²) in [4.78, 5) is 8.49. The van der Waals surface area contributed by atoms with Crippen molar-refractivity contribution < 1.29 is 0 Å². The Morgan fingerprint density at radius 2 is 2.17 bits per heavy atom. The third kappa shape index (κ3) is 3.60. The van der Waals surface area contributed by atoms with E-state index in [1.807, 2.05) is 18.3 Å². The van der Waals surface area contributed by atoms with Crippen LogP contribution in [0.25, 0.3) is 0 Å². The molecule has 0 saturated carbocycles. The molecule has 5 heteroatoms. The molecule has 0 spiro atoms. The number of hydrogen-bond acceptors (Lipinski definition) is 3. The number of nitrogens with one attached hydrogen (secondary N) is 1. The number of rotatable bonds is 4. The van der Waals surface area contributed by atoms with E-state index in [0.29, 0.717) is 6.54 Å². The van der Waals surface area contributed by atoms with Crippen molar-refractivity contribution in [1.29, 1.82) is 0 Å². The zero-order valence-corrected chi connectivity index (χ0v) is 13.1. The molecule has 1 N–H and O–H groups in total. The molecule has 94 valence electrons. The van der Waals surface area contributed by atoms with Crippen LogP contribution in [-0.2, 0) is 6.54 Å². The Bertz CT molecular complexity index is 517. The highest BCUT2D eigenvalue weighted by Gasteiger charge is 2.07. The summed E-state index contributed by atoms with van der Waals surface area (Å²) in [5, 5.41) is 3.43. The number of aromatic nitrogens is 2. The topological polar surface area (TPSA) is 37.8 Å². The van der Waals surface area contributed by atoms with Gasteiger partial charge in [-0.2, -0.15) is 0 Å². The molecule has 0 aliphatic carbocycles. The van der Waals surface area contributed by atoms with Gasteiger partial charge in [-0.3, -0.25) is 9.97 Å². The Balaban J connectivity index is 1.99. The molecule has 1 atom stereocenters. The molecule has 0 saturated heterocycles. The maximum Gasteiger partial charge on any atom is 0.0684 e. The van der Waals surface area contributed by atoms with Gasteiger partial charge in [0.2, 0.25) is 0 Å². The quantitative estimate of drug-likeness (QED) is 0.888. The summed E-state index contributed by atoms with van der Waals surface area (Å²) in [5.74, 6) is 0. The fraction of sp³-hybridized carbons (Fsp3) is 0.231. The number of pyridine rings is 2. The van der Waals surface area contributed by atoms with Crippen molar-refractivity contribution >= 4 is 31.9 Å². The predicted molar refractivity (Wildman–Crippen MR) is 79.1 cm³/mol. The molecule has 0 amide bonds. The molecule has 2 rings (SSSR count). The average Bonchev–Trinajstić information content (AvgIpc) is 2.38. The first-order chi connectivity index (χ1) is 8.66. The van der Waals surface area contributed by atoms with Gasteiger partial charge >= 0.3 is 0 Å². The number of hydrogen-bond donors (Lipinski definition) is 1. The zero-order valence-electron chi connectivity index (χ0n) is 9.90. The predicted octanol–water partition coefficient (Wildman–Crippen LogP) is 3.85. The Morgan fingerprint density at radius 1 is 1.33 bits per heavy atom. The van der Waals surface area contributed by atoms with Crippen molar-refractivity contribution in [2.24, 2.45) is 0 Å². The summed E-state index contributed by atoms with van der Waals surface area (Å²) < 4.78 is 1.97. The van der Waals surface area contributed by atoms with Gasteiger partial charge in [0.15, 0.2) is 0 Å². The van der Waals surface area contributed by atoms with Gasteiger partial charge in [-0.25, -0.2) is 0 Å². The maximum absolute atomic E-state index is 4.37. The monoisotopic (exact) mass is 369 g/mol. The lowest BCUT2D eigenvalue weighted by Gasteiger charge is -2.14. The normalized spacial score (nSPS) is 12.4. The Hall–Kier alpha value is -0.780. The van der Waals surface area contributed by atoms with Gasteiger partial charge in [-0.1, -0.05) is 6.07 Å². The highest BCUT2D eigenvalue weighted by molar-refractivity contribution is 9.11. The van der Waals surface area contributed by atoms with Crippen LogP contribution in [-0.4, -0.2) is 9.97 Å². The smallest absolute Gasteiger partial charge is 0.0684 e. The van der Waals surface area contributed by atoms with Crippen molar-refractivity contribution in [2.45, 2.75) is 19.5 Å². The van der Waals surface area contributed by atoms with E-state index in [4.69, 9.17) is 0 Å². The molecular formula is C13H13Br2N3. The number of halogens is 2. The van der Waals surface area contributed by atoms with Crippen LogP contribution in [0.15, 0.2) is 45.7 Å². The van der Waals surface area contributed by atoms with E-state index in [9.17, 15) is 0 Å². The molecule has 0 aromatic carbocycles. The first kappa shape index (κ1) is 13.6. The van der Waals surface area contributed by atoms with Crippen LogP contribution in [0.3, 0.4) is 0 Å². The summed E-state index contributed by atoms with van der Waals surface area (Å²) >= 11 is 6.90. The van der Waals surface area contributed by atoms with Gasteiger partial charge in [0, 0.05) is 40.1 Å². The fourth-order valence-electron chi connectivity index (χ4n) is 1.57. The molecule has 0 aliphatic rings. The van der Waals surface area contributed by atoms with Gasteiger partial charge in [0.05, 0.1) is 5.69 Å². The van der Waals surface area contributed by atoms with Crippen molar-refractivity contribution in [3.05, 3.63) is 57.0 Å². The third-order valence-corrected chi connectivity index (χ3v) is 3.76. The van der Waals surface area contributed by atoms with E-state index >= 15 is 0 Å². The van der Waals surface area contributed by atoms with Crippen LogP contribution in [0.5, 0.6) is 0 Å². The second-order valence-corrected chi connectivity index (χ2v) is 5.74. The maximum atomic E-state index is 4.37. The SMILES string of the molecule is C[C@H](NCc1ncc(Br)cc1Br)c1cccnc1. The molecule has 2 aromatic rings. The molecule has 0 radical (unpaired) electrons.